The highest BCUT2D eigenvalue weighted by molar-refractivity contribution is 9.10. The van der Waals surface area contributed by atoms with E-state index in [9.17, 15) is 4.79 Å². The van der Waals surface area contributed by atoms with Crippen molar-refractivity contribution in [1.29, 1.82) is 0 Å². The van der Waals surface area contributed by atoms with E-state index < -0.39 is 5.97 Å². The molecular formula is C15H20BrNO2. The number of benzene rings is 1. The van der Waals surface area contributed by atoms with Gasteiger partial charge in [-0.2, -0.15) is 0 Å². The van der Waals surface area contributed by atoms with Crippen LogP contribution >= 0.6 is 15.9 Å². The summed E-state index contributed by atoms with van der Waals surface area (Å²) in [6, 6.07) is 5.80. The van der Waals surface area contributed by atoms with Gasteiger partial charge in [-0.05, 0) is 52.9 Å². The maximum absolute atomic E-state index is 10.9. The molecule has 1 aromatic carbocycles. The van der Waals surface area contributed by atoms with Crippen molar-refractivity contribution < 1.29 is 9.90 Å². The Morgan fingerprint density at radius 2 is 2.16 bits per heavy atom. The molecule has 0 heterocycles. The van der Waals surface area contributed by atoms with Crippen LogP contribution in [0.3, 0.4) is 0 Å². The molecule has 0 aromatic heterocycles. The maximum Gasteiger partial charge on any atom is 0.335 e. The van der Waals surface area contributed by atoms with Gasteiger partial charge in [0.15, 0.2) is 0 Å². The van der Waals surface area contributed by atoms with Gasteiger partial charge in [0.25, 0.3) is 0 Å². The molecule has 0 spiro atoms. The largest absolute Gasteiger partial charge is 0.478 e. The van der Waals surface area contributed by atoms with Crippen LogP contribution in [0.5, 0.6) is 0 Å². The third kappa shape index (κ3) is 3.30. The number of anilines is 1. The van der Waals surface area contributed by atoms with Gasteiger partial charge < -0.3 is 10.0 Å². The molecule has 1 aliphatic carbocycles. The van der Waals surface area contributed by atoms with Gasteiger partial charge in [-0.3, -0.25) is 0 Å². The Morgan fingerprint density at radius 3 is 2.74 bits per heavy atom. The Balaban J connectivity index is 2.19. The third-order valence-corrected chi connectivity index (χ3v) is 4.67. The van der Waals surface area contributed by atoms with Crippen LogP contribution in [0.4, 0.5) is 5.69 Å². The Kier molecular flexibility index (Phi) is 4.50. The van der Waals surface area contributed by atoms with Crippen LogP contribution in [0.25, 0.3) is 0 Å². The fourth-order valence-electron chi connectivity index (χ4n) is 2.88. The molecule has 0 bridgehead atoms. The van der Waals surface area contributed by atoms with Gasteiger partial charge in [0.05, 0.1) is 11.3 Å². The second-order valence-electron chi connectivity index (χ2n) is 5.51. The number of rotatable bonds is 3. The number of nitrogens with zero attached hydrogens (tertiary/aromatic N) is 1. The Hall–Kier alpha value is -1.03. The first kappa shape index (κ1) is 14.4. The second-order valence-corrected chi connectivity index (χ2v) is 6.36. The minimum atomic E-state index is -0.888. The van der Waals surface area contributed by atoms with E-state index in [0.29, 0.717) is 11.6 Å². The van der Waals surface area contributed by atoms with E-state index >= 15 is 0 Å². The van der Waals surface area contributed by atoms with Gasteiger partial charge in [-0.1, -0.05) is 19.8 Å². The fraction of sp³-hybridized carbons (Fsp3) is 0.533. The molecule has 2 unspecified atom stereocenters. The summed E-state index contributed by atoms with van der Waals surface area (Å²) in [5, 5.41) is 8.99. The quantitative estimate of drug-likeness (QED) is 0.907. The first-order valence-electron chi connectivity index (χ1n) is 6.74. The highest BCUT2D eigenvalue weighted by atomic mass is 79.9. The minimum absolute atomic E-state index is 0.320. The van der Waals surface area contributed by atoms with E-state index in [4.69, 9.17) is 5.11 Å². The molecule has 0 amide bonds. The van der Waals surface area contributed by atoms with E-state index in [2.05, 4.69) is 34.8 Å². The van der Waals surface area contributed by atoms with E-state index in [1.165, 1.54) is 25.7 Å². The number of carboxylic acid groups (broad SMARTS) is 1. The van der Waals surface area contributed by atoms with Crippen LogP contribution in [-0.4, -0.2) is 24.2 Å². The molecule has 0 radical (unpaired) electrons. The summed E-state index contributed by atoms with van der Waals surface area (Å²) in [5.74, 6) is -0.112. The Morgan fingerprint density at radius 1 is 1.42 bits per heavy atom. The lowest BCUT2D eigenvalue weighted by atomic mass is 9.86. The van der Waals surface area contributed by atoms with Gasteiger partial charge in [-0.15, -0.1) is 0 Å². The fourth-order valence-corrected chi connectivity index (χ4v) is 3.54. The predicted octanol–water partition coefficient (Wildman–Crippen LogP) is 4.16. The molecule has 1 aliphatic rings. The molecule has 1 N–H and O–H groups in total. The van der Waals surface area contributed by atoms with Crippen molar-refractivity contribution in [3.63, 3.8) is 0 Å². The summed E-state index contributed by atoms with van der Waals surface area (Å²) in [5.41, 5.74) is 1.39. The second kappa shape index (κ2) is 5.95. The average molecular weight is 326 g/mol. The number of carboxylic acids is 1. The zero-order valence-corrected chi connectivity index (χ0v) is 13.0. The van der Waals surface area contributed by atoms with E-state index in [-0.39, 0.29) is 0 Å². The molecule has 2 rings (SSSR count). The summed E-state index contributed by atoms with van der Waals surface area (Å²) in [4.78, 5) is 13.2. The monoisotopic (exact) mass is 325 g/mol. The summed E-state index contributed by atoms with van der Waals surface area (Å²) in [7, 11) is 2.10. The molecular weight excluding hydrogens is 306 g/mol. The molecule has 0 saturated heterocycles. The Bertz CT molecular complexity index is 475. The van der Waals surface area contributed by atoms with Crippen LogP contribution in [0.1, 0.15) is 43.0 Å². The van der Waals surface area contributed by atoms with Crippen LogP contribution in [-0.2, 0) is 0 Å². The van der Waals surface area contributed by atoms with Gasteiger partial charge in [0, 0.05) is 17.6 Å². The lowest BCUT2D eigenvalue weighted by Crippen LogP contribution is -2.35. The van der Waals surface area contributed by atoms with Crippen LogP contribution in [0.15, 0.2) is 22.7 Å². The summed E-state index contributed by atoms with van der Waals surface area (Å²) >= 11 is 3.49. The summed E-state index contributed by atoms with van der Waals surface area (Å²) in [6.07, 6.45) is 5.03. The normalized spacial score (nSPS) is 23.1. The highest BCUT2D eigenvalue weighted by Gasteiger charge is 2.23. The summed E-state index contributed by atoms with van der Waals surface area (Å²) in [6.45, 7) is 2.31. The van der Waals surface area contributed by atoms with Crippen molar-refractivity contribution in [2.24, 2.45) is 5.92 Å². The van der Waals surface area contributed by atoms with E-state index in [1.54, 1.807) is 12.1 Å². The Labute approximate surface area is 122 Å². The first-order chi connectivity index (χ1) is 8.99. The van der Waals surface area contributed by atoms with Crippen molar-refractivity contribution in [3.8, 4) is 0 Å². The van der Waals surface area contributed by atoms with Crippen molar-refractivity contribution in [2.45, 2.75) is 38.6 Å². The predicted molar refractivity (Wildman–Crippen MR) is 80.9 cm³/mol. The number of halogens is 1. The number of hydrogen-bond donors (Lipinski definition) is 1. The number of aromatic carboxylic acids is 1. The zero-order valence-electron chi connectivity index (χ0n) is 11.4. The molecule has 19 heavy (non-hydrogen) atoms. The first-order valence-corrected chi connectivity index (χ1v) is 7.54. The van der Waals surface area contributed by atoms with E-state index in [0.717, 1.165) is 16.1 Å². The average Bonchev–Trinajstić information content (AvgIpc) is 2.37. The third-order valence-electron chi connectivity index (χ3n) is 4.03. The van der Waals surface area contributed by atoms with Crippen molar-refractivity contribution in [3.05, 3.63) is 28.2 Å². The SMILES string of the molecule is CC1CCCC(N(C)c2ccc(C(=O)O)cc2Br)C1. The molecule has 3 nitrogen and oxygen atoms in total. The maximum atomic E-state index is 10.9. The lowest BCUT2D eigenvalue weighted by Gasteiger charge is -2.36. The molecule has 1 aromatic rings. The van der Waals surface area contributed by atoms with E-state index in [1.807, 2.05) is 6.07 Å². The molecule has 1 saturated carbocycles. The molecule has 1 fully saturated rings. The standard InChI is InChI=1S/C15H20BrNO2/c1-10-4-3-5-12(8-10)17(2)14-7-6-11(15(18)19)9-13(14)16/h6-7,9-10,12H,3-5,8H2,1-2H3,(H,18,19). The van der Waals surface area contributed by atoms with Crippen LogP contribution in [0.2, 0.25) is 0 Å². The van der Waals surface area contributed by atoms with Crippen LogP contribution < -0.4 is 4.90 Å². The smallest absolute Gasteiger partial charge is 0.335 e. The topological polar surface area (TPSA) is 40.5 Å². The molecule has 2 atom stereocenters. The van der Waals surface area contributed by atoms with Crippen molar-refractivity contribution in [1.82, 2.24) is 0 Å². The van der Waals surface area contributed by atoms with Gasteiger partial charge in [-0.25, -0.2) is 4.79 Å². The highest BCUT2D eigenvalue weighted by Crippen LogP contribution is 2.33. The molecule has 104 valence electrons. The number of hydrogen-bond acceptors (Lipinski definition) is 2. The lowest BCUT2D eigenvalue weighted by molar-refractivity contribution is 0.0697. The zero-order chi connectivity index (χ0) is 14.0. The van der Waals surface area contributed by atoms with Crippen molar-refractivity contribution in [2.75, 3.05) is 11.9 Å². The van der Waals surface area contributed by atoms with Crippen LogP contribution in [0, 0.1) is 5.92 Å². The minimum Gasteiger partial charge on any atom is -0.478 e. The molecule has 0 aliphatic heterocycles. The summed E-state index contributed by atoms with van der Waals surface area (Å²) < 4.78 is 0.855. The van der Waals surface area contributed by atoms with Gasteiger partial charge in [0.1, 0.15) is 0 Å². The molecule has 4 heteroatoms. The number of carbonyl (C=O) groups is 1. The van der Waals surface area contributed by atoms with Crippen molar-refractivity contribution >= 4 is 27.6 Å². The van der Waals surface area contributed by atoms with Gasteiger partial charge in [0.2, 0.25) is 0 Å². The van der Waals surface area contributed by atoms with Gasteiger partial charge >= 0.3 is 5.97 Å².